The zero-order valence-electron chi connectivity index (χ0n) is 4.39. The molecule has 1 heterocycles. The molecule has 1 unspecified atom stereocenters. The largest absolute Gasteiger partial charge is 0.596 e. The van der Waals surface area contributed by atoms with E-state index < -0.39 is 5.91 Å². The molecule has 0 bridgehead atoms. The van der Waals surface area contributed by atoms with E-state index in [1.165, 1.54) is 0 Å². The number of nitrogens with zero attached hydrogens (tertiary/aromatic N) is 5. The second kappa shape index (κ2) is 1.46. The molecule has 0 fully saturated rings. The lowest BCUT2D eigenvalue weighted by Gasteiger charge is -1.84. The van der Waals surface area contributed by atoms with Crippen molar-refractivity contribution < 1.29 is 0 Å². The summed E-state index contributed by atoms with van der Waals surface area (Å²) in [4.78, 5) is 5.98. The van der Waals surface area contributed by atoms with Crippen LogP contribution < -0.4 is 11.5 Å². The molecule has 9 heavy (non-hydrogen) atoms. The highest BCUT2D eigenvalue weighted by molar-refractivity contribution is 5.79. The number of nitrogens with two attached hydrogens (primary N) is 2. The number of azo groups is 1. The van der Waals surface area contributed by atoms with Crippen LogP contribution in [-0.4, -0.2) is 11.9 Å². The third-order valence-corrected chi connectivity index (χ3v) is 0.726. The van der Waals surface area contributed by atoms with Crippen LogP contribution in [0.15, 0.2) is 15.2 Å². The molecule has 7 heteroatoms. The highest BCUT2D eigenvalue weighted by atomic mass is 15.5. The predicted octanol–water partition coefficient (Wildman–Crippen LogP) is -0.810. The van der Waals surface area contributed by atoms with Gasteiger partial charge in [0, 0.05) is 0 Å². The van der Waals surface area contributed by atoms with Crippen LogP contribution in [0.3, 0.4) is 0 Å². The van der Waals surface area contributed by atoms with Gasteiger partial charge >= 0.3 is 5.91 Å². The summed E-state index contributed by atoms with van der Waals surface area (Å²) in [6.45, 7) is 0. The summed E-state index contributed by atoms with van der Waals surface area (Å²) in [5.41, 5.74) is 10.1. The maximum atomic E-state index is 8.13. The summed E-state index contributed by atoms with van der Waals surface area (Å²) < 4.78 is 0. The molecular formula is C2H4N7+. The number of hydrogen-bond acceptors (Lipinski definition) is 6. The van der Waals surface area contributed by atoms with Gasteiger partial charge in [-0.3, -0.25) is 0 Å². The first-order valence-corrected chi connectivity index (χ1v) is 2.10. The van der Waals surface area contributed by atoms with Crippen molar-refractivity contribution in [1.82, 2.24) is 0 Å². The van der Waals surface area contributed by atoms with E-state index in [9.17, 15) is 0 Å². The summed E-state index contributed by atoms with van der Waals surface area (Å²) in [5.74, 6) is -1.78. The van der Waals surface area contributed by atoms with E-state index in [0.717, 1.165) is 0 Å². The van der Waals surface area contributed by atoms with Gasteiger partial charge < -0.3 is 5.73 Å². The third-order valence-electron chi connectivity index (χ3n) is 0.726. The van der Waals surface area contributed by atoms with Crippen molar-refractivity contribution in [3.63, 3.8) is 0 Å². The monoisotopic (exact) mass is 126 g/mol. The maximum absolute atomic E-state index is 8.13. The van der Waals surface area contributed by atoms with Gasteiger partial charge in [-0.25, -0.2) is 5.73 Å². The molecule has 7 nitrogen and oxygen atoms in total. The minimum Gasteiger partial charge on any atom is -0.366 e. The molecule has 1 rings (SSSR count). The summed E-state index contributed by atoms with van der Waals surface area (Å²) in [6.07, 6.45) is 0. The van der Waals surface area contributed by atoms with E-state index in [-0.39, 0.29) is 5.96 Å². The Balaban J connectivity index is 2.94. The molecule has 0 aromatic heterocycles. The number of hydrogen-bond donors (Lipinski definition) is 2. The highest BCUT2D eigenvalue weighted by Gasteiger charge is 2.43. The Bertz CT molecular complexity index is 220. The highest BCUT2D eigenvalue weighted by Crippen LogP contribution is 2.12. The third kappa shape index (κ3) is 0.824. The van der Waals surface area contributed by atoms with Crippen molar-refractivity contribution in [2.45, 2.75) is 5.91 Å². The predicted molar refractivity (Wildman–Crippen MR) is 28.5 cm³/mol. The van der Waals surface area contributed by atoms with Crippen molar-refractivity contribution in [2.24, 2.45) is 26.7 Å². The van der Waals surface area contributed by atoms with Crippen LogP contribution in [0.5, 0.6) is 0 Å². The molecule has 1 atom stereocenters. The Morgan fingerprint density at radius 2 is 2.33 bits per heavy atom. The van der Waals surface area contributed by atoms with Crippen molar-refractivity contribution >= 4 is 5.96 Å². The van der Waals surface area contributed by atoms with Gasteiger partial charge in [0.05, 0.1) is 0 Å². The molecule has 46 valence electrons. The molecule has 1 aliphatic heterocycles. The minimum atomic E-state index is -1.69. The molecule has 0 aliphatic carbocycles. The van der Waals surface area contributed by atoms with Crippen LogP contribution in [0.25, 0.3) is 4.98 Å². The molecule has 0 radical (unpaired) electrons. The molecule has 0 aromatic rings. The van der Waals surface area contributed by atoms with E-state index in [1.807, 2.05) is 0 Å². The molecular weight excluding hydrogens is 122 g/mol. The number of guanidine groups is 1. The zero-order chi connectivity index (χ0) is 6.91. The normalized spacial score (nSPS) is 31.8. The fourth-order valence-electron chi connectivity index (χ4n) is 0.380. The summed E-state index contributed by atoms with van der Waals surface area (Å²) >= 11 is 0. The molecule has 0 saturated carbocycles. The fourth-order valence-corrected chi connectivity index (χ4v) is 0.380. The Morgan fingerprint density at radius 3 is 2.56 bits per heavy atom. The van der Waals surface area contributed by atoms with Crippen molar-refractivity contribution in [2.75, 3.05) is 0 Å². The molecule has 4 N–H and O–H groups in total. The molecule has 0 aromatic carbocycles. The first-order chi connectivity index (χ1) is 4.16. The van der Waals surface area contributed by atoms with Crippen LogP contribution in [0.4, 0.5) is 0 Å². The molecule has 0 amide bonds. The van der Waals surface area contributed by atoms with Crippen LogP contribution >= 0.6 is 0 Å². The number of diazo groups is 1. The van der Waals surface area contributed by atoms with Crippen LogP contribution in [0.2, 0.25) is 0 Å². The van der Waals surface area contributed by atoms with Gasteiger partial charge in [-0.15, -0.1) is 10.1 Å². The standard InChI is InChI=1S/C2H4N7/c3-1-6-2(4,8-5)9-7-1/h4H2,(H2,3,6)/q+1. The van der Waals surface area contributed by atoms with Gasteiger partial charge in [0.15, 0.2) is 0 Å². The Kier molecular flexibility index (Phi) is 0.907. The van der Waals surface area contributed by atoms with Gasteiger partial charge in [-0.2, -0.15) is 0 Å². The summed E-state index contributed by atoms with van der Waals surface area (Å²) in [7, 11) is 0. The first kappa shape index (κ1) is 5.58. The van der Waals surface area contributed by atoms with Gasteiger partial charge in [0.25, 0.3) is 0 Å². The Labute approximate surface area is 50.1 Å². The minimum absolute atomic E-state index is 0.0877. The summed E-state index contributed by atoms with van der Waals surface area (Å²) in [6, 6.07) is 0. The number of aliphatic imine (C=N–C) groups is 1. The zero-order valence-corrected chi connectivity index (χ0v) is 4.39. The van der Waals surface area contributed by atoms with E-state index in [1.54, 1.807) is 0 Å². The van der Waals surface area contributed by atoms with Gasteiger partial charge in [0.2, 0.25) is 16.3 Å². The van der Waals surface area contributed by atoms with E-state index >= 15 is 0 Å². The lowest BCUT2D eigenvalue weighted by molar-refractivity contribution is 0.569. The lowest BCUT2D eigenvalue weighted by Crippen LogP contribution is -2.29. The van der Waals surface area contributed by atoms with Gasteiger partial charge in [-0.1, -0.05) is 0 Å². The number of rotatable bonds is 0. The average Bonchev–Trinajstić information content (AvgIpc) is 2.13. The van der Waals surface area contributed by atoms with Gasteiger partial charge in [-0.05, 0) is 5.11 Å². The summed E-state index contributed by atoms with van der Waals surface area (Å²) in [5, 5.41) is 14.6. The SMILES string of the molecule is N#[N+]C1(N)N=NC(N)=N1. The molecule has 1 aliphatic rings. The van der Waals surface area contributed by atoms with Crippen LogP contribution in [0.1, 0.15) is 0 Å². The average molecular weight is 126 g/mol. The fraction of sp³-hybridized carbons (Fsp3) is 0.500. The first-order valence-electron chi connectivity index (χ1n) is 2.10. The van der Waals surface area contributed by atoms with Crippen LogP contribution in [-0.2, 0) is 0 Å². The molecule has 0 saturated heterocycles. The molecule has 0 spiro atoms. The van der Waals surface area contributed by atoms with E-state index in [2.05, 4.69) is 20.2 Å². The van der Waals surface area contributed by atoms with E-state index in [4.69, 9.17) is 16.9 Å². The van der Waals surface area contributed by atoms with Crippen molar-refractivity contribution in [3.05, 3.63) is 4.98 Å². The topological polar surface area (TPSA) is 117 Å². The second-order valence-electron chi connectivity index (χ2n) is 1.46. The Morgan fingerprint density at radius 1 is 1.67 bits per heavy atom. The van der Waals surface area contributed by atoms with Crippen molar-refractivity contribution in [1.29, 1.82) is 5.39 Å². The van der Waals surface area contributed by atoms with Gasteiger partial charge in [0.1, 0.15) is 0 Å². The maximum Gasteiger partial charge on any atom is 0.596 e. The van der Waals surface area contributed by atoms with E-state index in [0.29, 0.717) is 0 Å². The second-order valence-corrected chi connectivity index (χ2v) is 1.46. The Hall–Kier alpha value is -1.55. The lowest BCUT2D eigenvalue weighted by atomic mass is 10.7. The smallest absolute Gasteiger partial charge is 0.366 e. The quantitative estimate of drug-likeness (QED) is 0.413. The van der Waals surface area contributed by atoms with Crippen LogP contribution in [0, 0.1) is 5.39 Å². The van der Waals surface area contributed by atoms with Crippen molar-refractivity contribution in [3.8, 4) is 0 Å².